The van der Waals surface area contributed by atoms with Gasteiger partial charge in [0.05, 0.1) is 19.6 Å². The van der Waals surface area contributed by atoms with Crippen molar-refractivity contribution in [2.24, 2.45) is 0 Å². The molecular weight excluding hydrogens is 202 g/mol. The van der Waals surface area contributed by atoms with Crippen molar-refractivity contribution < 1.29 is 9.53 Å². The van der Waals surface area contributed by atoms with Crippen LogP contribution >= 0.6 is 0 Å². The van der Waals surface area contributed by atoms with Gasteiger partial charge in [0.15, 0.2) is 0 Å². The highest BCUT2D eigenvalue weighted by Gasteiger charge is 2.08. The summed E-state index contributed by atoms with van der Waals surface area (Å²) in [4.78, 5) is 11.1. The fourth-order valence-electron chi connectivity index (χ4n) is 1.70. The molecule has 0 atom stereocenters. The van der Waals surface area contributed by atoms with Gasteiger partial charge in [-0.25, -0.2) is 0 Å². The number of methoxy groups -OCH3 is 1. The Morgan fingerprint density at radius 1 is 1.50 bits per heavy atom. The largest absolute Gasteiger partial charge is 0.469 e. The molecule has 3 heteroatoms. The smallest absolute Gasteiger partial charge is 0.305 e. The minimum Gasteiger partial charge on any atom is -0.469 e. The van der Waals surface area contributed by atoms with Crippen LogP contribution in [0.15, 0.2) is 18.2 Å². The first-order valence-electron chi connectivity index (χ1n) is 5.20. The Balaban J connectivity index is 2.84. The molecule has 0 saturated carbocycles. The van der Waals surface area contributed by atoms with Crippen molar-refractivity contribution in [3.05, 3.63) is 34.9 Å². The maximum absolute atomic E-state index is 11.1. The summed E-state index contributed by atoms with van der Waals surface area (Å²) in [6.45, 7) is 1.99. The molecule has 0 aliphatic rings. The Labute approximate surface area is 95.7 Å². The number of carbonyl (C=O) groups is 1. The van der Waals surface area contributed by atoms with E-state index >= 15 is 0 Å². The molecule has 0 aliphatic heterocycles. The predicted molar refractivity (Wildman–Crippen MR) is 60.8 cm³/mol. The first-order chi connectivity index (χ1) is 7.69. The first kappa shape index (κ1) is 12.3. The molecule has 0 N–H and O–H groups in total. The van der Waals surface area contributed by atoms with Gasteiger partial charge in [0.25, 0.3) is 0 Å². The summed E-state index contributed by atoms with van der Waals surface area (Å²) in [5.41, 5.74) is 3.22. The third-order valence-electron chi connectivity index (χ3n) is 2.58. The Morgan fingerprint density at radius 2 is 2.25 bits per heavy atom. The van der Waals surface area contributed by atoms with Crippen molar-refractivity contribution in [1.29, 1.82) is 5.26 Å². The lowest BCUT2D eigenvalue weighted by atomic mass is 9.96. The van der Waals surface area contributed by atoms with E-state index in [2.05, 4.69) is 10.8 Å². The van der Waals surface area contributed by atoms with Crippen molar-refractivity contribution in [1.82, 2.24) is 0 Å². The zero-order chi connectivity index (χ0) is 12.0. The molecule has 1 aromatic carbocycles. The van der Waals surface area contributed by atoms with Crippen LogP contribution in [-0.2, 0) is 22.4 Å². The highest BCUT2D eigenvalue weighted by molar-refractivity contribution is 5.69. The highest BCUT2D eigenvalue weighted by Crippen LogP contribution is 2.17. The lowest BCUT2D eigenvalue weighted by molar-refractivity contribution is -0.140. The molecule has 0 unspecified atom stereocenters. The van der Waals surface area contributed by atoms with Gasteiger partial charge in [0.2, 0.25) is 0 Å². The fourth-order valence-corrected chi connectivity index (χ4v) is 1.70. The summed E-state index contributed by atoms with van der Waals surface area (Å²) < 4.78 is 4.61. The van der Waals surface area contributed by atoms with Crippen LogP contribution < -0.4 is 0 Å². The monoisotopic (exact) mass is 217 g/mol. The number of ether oxygens (including phenoxy) is 1. The van der Waals surface area contributed by atoms with Crippen LogP contribution in [-0.4, -0.2) is 13.1 Å². The molecule has 16 heavy (non-hydrogen) atoms. The molecule has 84 valence electrons. The van der Waals surface area contributed by atoms with E-state index in [0.717, 1.165) is 16.7 Å². The number of rotatable bonds is 4. The molecule has 0 heterocycles. The van der Waals surface area contributed by atoms with Gasteiger partial charge in [-0.2, -0.15) is 5.26 Å². The van der Waals surface area contributed by atoms with Crippen LogP contribution in [0.4, 0.5) is 0 Å². The van der Waals surface area contributed by atoms with Crippen LogP contribution in [0.25, 0.3) is 0 Å². The van der Waals surface area contributed by atoms with Gasteiger partial charge >= 0.3 is 5.97 Å². The number of benzene rings is 1. The van der Waals surface area contributed by atoms with Gasteiger partial charge in [-0.3, -0.25) is 4.79 Å². The number of hydrogen-bond acceptors (Lipinski definition) is 3. The van der Waals surface area contributed by atoms with Crippen molar-refractivity contribution in [3.8, 4) is 6.07 Å². The molecule has 0 radical (unpaired) electrons. The number of nitriles is 1. The zero-order valence-electron chi connectivity index (χ0n) is 9.62. The maximum Gasteiger partial charge on any atom is 0.305 e. The molecule has 0 amide bonds. The number of esters is 1. The van der Waals surface area contributed by atoms with Gasteiger partial charge in [-0.1, -0.05) is 18.2 Å². The Hall–Kier alpha value is -1.82. The van der Waals surface area contributed by atoms with Crippen LogP contribution in [0.2, 0.25) is 0 Å². The van der Waals surface area contributed by atoms with Crippen molar-refractivity contribution in [3.63, 3.8) is 0 Å². The van der Waals surface area contributed by atoms with Gasteiger partial charge in [-0.05, 0) is 30.0 Å². The second-order valence-electron chi connectivity index (χ2n) is 3.62. The normalized spacial score (nSPS) is 9.56. The SMILES string of the molecule is COC(=O)CCc1c(C)cccc1CC#N. The molecule has 0 aliphatic carbocycles. The second kappa shape index (κ2) is 5.92. The molecule has 0 spiro atoms. The fraction of sp³-hybridized carbons (Fsp3) is 0.385. The van der Waals surface area contributed by atoms with E-state index in [0.29, 0.717) is 19.3 Å². The summed E-state index contributed by atoms with van der Waals surface area (Å²) in [6.07, 6.45) is 1.38. The van der Waals surface area contributed by atoms with E-state index in [1.54, 1.807) is 0 Å². The van der Waals surface area contributed by atoms with Crippen LogP contribution in [0, 0.1) is 18.3 Å². The van der Waals surface area contributed by atoms with E-state index in [4.69, 9.17) is 5.26 Å². The van der Waals surface area contributed by atoms with E-state index in [9.17, 15) is 4.79 Å². The topological polar surface area (TPSA) is 50.1 Å². The molecule has 1 aromatic rings. The zero-order valence-corrected chi connectivity index (χ0v) is 9.62. The summed E-state index contributed by atoms with van der Waals surface area (Å²) in [5.74, 6) is -0.217. The second-order valence-corrected chi connectivity index (χ2v) is 3.62. The lowest BCUT2D eigenvalue weighted by Crippen LogP contribution is -2.05. The van der Waals surface area contributed by atoms with Crippen molar-refractivity contribution >= 4 is 5.97 Å². The third-order valence-corrected chi connectivity index (χ3v) is 2.58. The number of aryl methyl sites for hydroxylation is 1. The van der Waals surface area contributed by atoms with Gasteiger partial charge in [-0.15, -0.1) is 0 Å². The van der Waals surface area contributed by atoms with E-state index in [1.165, 1.54) is 7.11 Å². The molecule has 0 aromatic heterocycles. The molecule has 3 nitrogen and oxygen atoms in total. The first-order valence-corrected chi connectivity index (χ1v) is 5.20. The van der Waals surface area contributed by atoms with Crippen LogP contribution in [0.1, 0.15) is 23.1 Å². The minimum atomic E-state index is -0.217. The number of hydrogen-bond donors (Lipinski definition) is 0. The highest BCUT2D eigenvalue weighted by atomic mass is 16.5. The van der Waals surface area contributed by atoms with Crippen LogP contribution in [0.5, 0.6) is 0 Å². The van der Waals surface area contributed by atoms with Gasteiger partial charge in [0.1, 0.15) is 0 Å². The average molecular weight is 217 g/mol. The van der Waals surface area contributed by atoms with Crippen molar-refractivity contribution in [2.45, 2.75) is 26.2 Å². The summed E-state index contributed by atoms with van der Waals surface area (Å²) in [6, 6.07) is 8.00. The molecule has 0 bridgehead atoms. The summed E-state index contributed by atoms with van der Waals surface area (Å²) in [5, 5.41) is 8.72. The Morgan fingerprint density at radius 3 is 2.88 bits per heavy atom. The lowest BCUT2D eigenvalue weighted by Gasteiger charge is -2.09. The number of nitrogens with zero attached hydrogens (tertiary/aromatic N) is 1. The predicted octanol–water partition coefficient (Wildman–Crippen LogP) is 2.17. The quantitative estimate of drug-likeness (QED) is 0.726. The molecular formula is C13H15NO2. The van der Waals surface area contributed by atoms with Crippen molar-refractivity contribution in [2.75, 3.05) is 7.11 Å². The van der Waals surface area contributed by atoms with E-state index < -0.39 is 0 Å². The van der Waals surface area contributed by atoms with E-state index in [-0.39, 0.29) is 5.97 Å². The molecule has 0 saturated heterocycles. The summed E-state index contributed by atoms with van der Waals surface area (Å²) in [7, 11) is 1.39. The Bertz CT molecular complexity index is 418. The standard InChI is InChI=1S/C13H15NO2/c1-10-4-3-5-11(8-9-14)12(10)6-7-13(15)16-2/h3-5H,6-8H2,1-2H3. The number of carbonyl (C=O) groups excluding carboxylic acids is 1. The average Bonchev–Trinajstić information content (AvgIpc) is 2.28. The Kier molecular flexibility index (Phi) is 4.53. The maximum atomic E-state index is 11.1. The minimum absolute atomic E-state index is 0.217. The molecule has 1 rings (SSSR count). The van der Waals surface area contributed by atoms with E-state index in [1.807, 2.05) is 25.1 Å². The third kappa shape index (κ3) is 3.09. The van der Waals surface area contributed by atoms with Gasteiger partial charge < -0.3 is 4.74 Å². The van der Waals surface area contributed by atoms with Crippen LogP contribution in [0.3, 0.4) is 0 Å². The summed E-state index contributed by atoms with van der Waals surface area (Å²) >= 11 is 0. The van der Waals surface area contributed by atoms with Gasteiger partial charge in [0, 0.05) is 6.42 Å². The molecule has 0 fully saturated rings.